The fraction of sp³-hybridized carbons (Fsp3) is 0.308. The van der Waals surface area contributed by atoms with Gasteiger partial charge in [-0.3, -0.25) is 0 Å². The van der Waals surface area contributed by atoms with Gasteiger partial charge in [-0.1, -0.05) is 6.07 Å². The molecule has 1 aliphatic heterocycles. The molecule has 0 aromatic carbocycles. The lowest BCUT2D eigenvalue weighted by atomic mass is 10.4. The first-order valence-corrected chi connectivity index (χ1v) is 6.36. The molecule has 0 aliphatic carbocycles. The average Bonchev–Trinajstić information content (AvgIpc) is 2.51. The standard InChI is InChI=1S/C13H14FN5O/c14-10-9-16-13(19-5-7-20-8-6-19)18-12(10)17-11-3-1-2-4-15-11/h1-4,9H,5-8H2,(H,15,16,17,18). The molecule has 20 heavy (non-hydrogen) atoms. The molecule has 1 saturated heterocycles. The molecule has 0 radical (unpaired) electrons. The highest BCUT2D eigenvalue weighted by Crippen LogP contribution is 2.19. The van der Waals surface area contributed by atoms with E-state index in [1.54, 1.807) is 18.3 Å². The van der Waals surface area contributed by atoms with E-state index < -0.39 is 5.82 Å². The minimum Gasteiger partial charge on any atom is -0.378 e. The molecule has 1 fully saturated rings. The summed E-state index contributed by atoms with van der Waals surface area (Å²) in [6.45, 7) is 2.66. The summed E-state index contributed by atoms with van der Waals surface area (Å²) in [5.41, 5.74) is 0. The predicted molar refractivity (Wildman–Crippen MR) is 72.5 cm³/mol. The number of nitrogens with zero attached hydrogens (tertiary/aromatic N) is 4. The fourth-order valence-corrected chi connectivity index (χ4v) is 1.92. The Kier molecular flexibility index (Phi) is 3.69. The highest BCUT2D eigenvalue weighted by Gasteiger charge is 2.16. The molecule has 0 spiro atoms. The monoisotopic (exact) mass is 275 g/mol. The molecule has 1 aliphatic rings. The minimum absolute atomic E-state index is 0.125. The summed E-state index contributed by atoms with van der Waals surface area (Å²) in [6.07, 6.45) is 2.80. The van der Waals surface area contributed by atoms with Crippen molar-refractivity contribution in [3.05, 3.63) is 36.4 Å². The molecular formula is C13H14FN5O. The van der Waals surface area contributed by atoms with Crippen molar-refractivity contribution >= 4 is 17.6 Å². The van der Waals surface area contributed by atoms with Gasteiger partial charge in [0.05, 0.1) is 19.4 Å². The van der Waals surface area contributed by atoms with E-state index in [1.807, 2.05) is 11.0 Å². The number of ether oxygens (including phenoxy) is 1. The molecule has 2 aromatic rings. The molecule has 6 nitrogen and oxygen atoms in total. The highest BCUT2D eigenvalue weighted by molar-refractivity contribution is 5.53. The van der Waals surface area contributed by atoms with E-state index in [9.17, 15) is 4.39 Å². The minimum atomic E-state index is -0.507. The molecular weight excluding hydrogens is 261 g/mol. The smallest absolute Gasteiger partial charge is 0.227 e. The molecule has 3 rings (SSSR count). The van der Waals surface area contributed by atoms with Gasteiger partial charge in [0.25, 0.3) is 0 Å². The number of rotatable bonds is 3. The lowest BCUT2D eigenvalue weighted by Gasteiger charge is -2.26. The Morgan fingerprint density at radius 3 is 2.80 bits per heavy atom. The highest BCUT2D eigenvalue weighted by atomic mass is 19.1. The van der Waals surface area contributed by atoms with Gasteiger partial charge in [0.1, 0.15) is 5.82 Å². The molecule has 0 saturated carbocycles. The first-order valence-electron chi connectivity index (χ1n) is 6.36. The van der Waals surface area contributed by atoms with Crippen LogP contribution in [0.3, 0.4) is 0 Å². The zero-order valence-electron chi connectivity index (χ0n) is 10.8. The van der Waals surface area contributed by atoms with Crippen LogP contribution in [0, 0.1) is 5.82 Å². The maximum Gasteiger partial charge on any atom is 0.227 e. The van der Waals surface area contributed by atoms with E-state index in [0.29, 0.717) is 38.1 Å². The Morgan fingerprint density at radius 2 is 2.05 bits per heavy atom. The van der Waals surface area contributed by atoms with Crippen molar-refractivity contribution in [2.75, 3.05) is 36.5 Å². The third kappa shape index (κ3) is 2.83. The first kappa shape index (κ1) is 12.7. The largest absolute Gasteiger partial charge is 0.378 e. The summed E-state index contributed by atoms with van der Waals surface area (Å²) in [4.78, 5) is 14.3. The van der Waals surface area contributed by atoms with Crippen molar-refractivity contribution in [2.45, 2.75) is 0 Å². The zero-order valence-corrected chi connectivity index (χ0v) is 10.8. The van der Waals surface area contributed by atoms with Crippen LogP contribution < -0.4 is 10.2 Å². The molecule has 3 heterocycles. The molecule has 7 heteroatoms. The van der Waals surface area contributed by atoms with Gasteiger partial charge >= 0.3 is 0 Å². The van der Waals surface area contributed by atoms with Crippen LogP contribution in [0.2, 0.25) is 0 Å². The molecule has 2 aromatic heterocycles. The van der Waals surface area contributed by atoms with E-state index in [1.165, 1.54) is 6.20 Å². The zero-order chi connectivity index (χ0) is 13.8. The number of pyridine rings is 1. The van der Waals surface area contributed by atoms with E-state index >= 15 is 0 Å². The summed E-state index contributed by atoms with van der Waals surface area (Å²) in [5.74, 6) is 0.652. The van der Waals surface area contributed by atoms with Crippen LogP contribution in [0.4, 0.5) is 22.0 Å². The Bertz CT molecular complexity index is 574. The van der Waals surface area contributed by atoms with Gasteiger partial charge in [-0.15, -0.1) is 0 Å². The SMILES string of the molecule is Fc1cnc(N2CCOCC2)nc1Nc1ccccn1. The van der Waals surface area contributed by atoms with Crippen LogP contribution >= 0.6 is 0 Å². The fourth-order valence-electron chi connectivity index (χ4n) is 1.92. The maximum atomic E-state index is 13.8. The Morgan fingerprint density at radius 1 is 1.20 bits per heavy atom. The second-order valence-corrected chi connectivity index (χ2v) is 4.31. The summed E-state index contributed by atoms with van der Waals surface area (Å²) in [6, 6.07) is 5.36. The van der Waals surface area contributed by atoms with Crippen LogP contribution in [0.5, 0.6) is 0 Å². The molecule has 1 N–H and O–H groups in total. The average molecular weight is 275 g/mol. The van der Waals surface area contributed by atoms with Crippen molar-refractivity contribution in [2.24, 2.45) is 0 Å². The van der Waals surface area contributed by atoms with Crippen LogP contribution in [0.15, 0.2) is 30.6 Å². The van der Waals surface area contributed by atoms with Crippen molar-refractivity contribution in [3.63, 3.8) is 0 Å². The van der Waals surface area contributed by atoms with Gasteiger partial charge in [0.2, 0.25) is 5.95 Å². The summed E-state index contributed by atoms with van der Waals surface area (Å²) >= 11 is 0. The third-order valence-corrected chi connectivity index (χ3v) is 2.94. The van der Waals surface area contributed by atoms with Gasteiger partial charge in [0, 0.05) is 19.3 Å². The van der Waals surface area contributed by atoms with E-state index in [0.717, 1.165) is 0 Å². The van der Waals surface area contributed by atoms with Crippen molar-refractivity contribution in [1.82, 2.24) is 15.0 Å². The van der Waals surface area contributed by atoms with Crippen LogP contribution in [-0.4, -0.2) is 41.3 Å². The molecule has 0 bridgehead atoms. The van der Waals surface area contributed by atoms with E-state index in [-0.39, 0.29) is 5.82 Å². The molecule has 0 amide bonds. The van der Waals surface area contributed by atoms with E-state index in [2.05, 4.69) is 20.3 Å². The number of hydrogen-bond acceptors (Lipinski definition) is 6. The summed E-state index contributed by atoms with van der Waals surface area (Å²) in [5, 5.41) is 2.86. The van der Waals surface area contributed by atoms with Crippen LogP contribution in [-0.2, 0) is 4.74 Å². The van der Waals surface area contributed by atoms with Crippen molar-refractivity contribution in [1.29, 1.82) is 0 Å². The lowest BCUT2D eigenvalue weighted by molar-refractivity contribution is 0.122. The van der Waals surface area contributed by atoms with Crippen molar-refractivity contribution < 1.29 is 9.13 Å². The number of nitrogens with one attached hydrogen (secondary N) is 1. The van der Waals surface area contributed by atoms with Gasteiger partial charge in [0.15, 0.2) is 11.6 Å². The van der Waals surface area contributed by atoms with Crippen molar-refractivity contribution in [3.8, 4) is 0 Å². The maximum absolute atomic E-state index is 13.8. The van der Waals surface area contributed by atoms with Gasteiger partial charge in [-0.25, -0.2) is 14.4 Å². The van der Waals surface area contributed by atoms with Gasteiger partial charge in [-0.05, 0) is 12.1 Å². The van der Waals surface area contributed by atoms with Gasteiger partial charge < -0.3 is 15.0 Å². The lowest BCUT2D eigenvalue weighted by Crippen LogP contribution is -2.37. The third-order valence-electron chi connectivity index (χ3n) is 2.94. The molecule has 0 atom stereocenters. The van der Waals surface area contributed by atoms with Crippen LogP contribution in [0.1, 0.15) is 0 Å². The van der Waals surface area contributed by atoms with E-state index in [4.69, 9.17) is 4.74 Å². The number of anilines is 3. The predicted octanol–water partition coefficient (Wildman–Crippen LogP) is 1.59. The molecule has 104 valence electrons. The molecule has 0 unspecified atom stereocenters. The number of hydrogen-bond donors (Lipinski definition) is 1. The topological polar surface area (TPSA) is 63.2 Å². The first-order chi connectivity index (χ1) is 9.83. The summed E-state index contributed by atoms with van der Waals surface area (Å²) in [7, 11) is 0. The second-order valence-electron chi connectivity index (χ2n) is 4.31. The Labute approximate surface area is 115 Å². The quantitative estimate of drug-likeness (QED) is 0.917. The Balaban J connectivity index is 1.83. The number of morpholine rings is 1. The van der Waals surface area contributed by atoms with Crippen LogP contribution in [0.25, 0.3) is 0 Å². The normalized spacial score (nSPS) is 15.2. The Hall–Kier alpha value is -2.28. The second kappa shape index (κ2) is 5.79. The number of aromatic nitrogens is 3. The van der Waals surface area contributed by atoms with Gasteiger partial charge in [-0.2, -0.15) is 4.98 Å². The number of halogens is 1. The summed E-state index contributed by atoms with van der Waals surface area (Å²) < 4.78 is 19.0.